The molecule has 1 amide bonds. The van der Waals surface area contributed by atoms with E-state index in [1.165, 1.54) is 0 Å². The summed E-state index contributed by atoms with van der Waals surface area (Å²) >= 11 is 1.82. The number of nitrogens with two attached hydrogens (primary N) is 1. The molecule has 1 aliphatic carbocycles. The molecule has 1 rings (SSSR count). The van der Waals surface area contributed by atoms with Crippen LogP contribution < -0.4 is 11.1 Å². The van der Waals surface area contributed by atoms with Gasteiger partial charge in [0.25, 0.3) is 0 Å². The minimum absolute atomic E-state index is 0.168. The first-order valence-corrected chi connectivity index (χ1v) is 7.57. The standard InChI is InChI=1S/C12H24N2OS/c1-9(6-7-16-2)14-12(15)11-5-3-4-10(11)8-13/h9-11H,3-8,13H2,1-2H3,(H,14,15). The van der Waals surface area contributed by atoms with Gasteiger partial charge in [0.2, 0.25) is 5.91 Å². The molecule has 3 atom stereocenters. The molecule has 0 aromatic heterocycles. The highest BCUT2D eigenvalue weighted by atomic mass is 32.2. The smallest absolute Gasteiger partial charge is 0.223 e. The van der Waals surface area contributed by atoms with Gasteiger partial charge in [0.15, 0.2) is 0 Å². The summed E-state index contributed by atoms with van der Waals surface area (Å²) in [5.41, 5.74) is 5.69. The van der Waals surface area contributed by atoms with Crippen molar-refractivity contribution in [2.75, 3.05) is 18.6 Å². The number of nitrogens with one attached hydrogen (secondary N) is 1. The Morgan fingerprint density at radius 3 is 2.94 bits per heavy atom. The van der Waals surface area contributed by atoms with Crippen LogP contribution in [0.4, 0.5) is 0 Å². The molecule has 0 heterocycles. The summed E-state index contributed by atoms with van der Waals surface area (Å²) < 4.78 is 0. The molecule has 0 aromatic rings. The lowest BCUT2D eigenvalue weighted by Gasteiger charge is -2.20. The molecule has 3 nitrogen and oxygen atoms in total. The monoisotopic (exact) mass is 244 g/mol. The number of carbonyl (C=O) groups is 1. The number of carbonyl (C=O) groups excluding carboxylic acids is 1. The van der Waals surface area contributed by atoms with E-state index in [2.05, 4.69) is 18.5 Å². The largest absolute Gasteiger partial charge is 0.353 e. The molecule has 1 saturated carbocycles. The van der Waals surface area contributed by atoms with Crippen LogP contribution in [0.15, 0.2) is 0 Å². The number of hydrogen-bond donors (Lipinski definition) is 2. The maximum absolute atomic E-state index is 12.0. The Morgan fingerprint density at radius 1 is 1.56 bits per heavy atom. The van der Waals surface area contributed by atoms with Crippen LogP contribution in [0.2, 0.25) is 0 Å². The normalized spacial score (nSPS) is 26.7. The maximum atomic E-state index is 12.0. The topological polar surface area (TPSA) is 55.1 Å². The lowest BCUT2D eigenvalue weighted by molar-refractivity contribution is -0.126. The molecule has 0 aliphatic heterocycles. The molecule has 94 valence electrons. The lowest BCUT2D eigenvalue weighted by atomic mass is 9.95. The highest BCUT2D eigenvalue weighted by molar-refractivity contribution is 7.98. The first-order valence-electron chi connectivity index (χ1n) is 6.18. The highest BCUT2D eigenvalue weighted by Gasteiger charge is 2.32. The first-order chi connectivity index (χ1) is 7.69. The SMILES string of the molecule is CSCCC(C)NC(=O)C1CCCC1CN. The number of hydrogen-bond acceptors (Lipinski definition) is 3. The third-order valence-electron chi connectivity index (χ3n) is 3.44. The van der Waals surface area contributed by atoms with Gasteiger partial charge < -0.3 is 11.1 Å². The fraction of sp³-hybridized carbons (Fsp3) is 0.917. The van der Waals surface area contributed by atoms with Gasteiger partial charge >= 0.3 is 0 Å². The van der Waals surface area contributed by atoms with Gasteiger partial charge in [-0.05, 0) is 50.7 Å². The molecular weight excluding hydrogens is 220 g/mol. The van der Waals surface area contributed by atoms with Gasteiger partial charge in [0.1, 0.15) is 0 Å². The molecule has 0 spiro atoms. The summed E-state index contributed by atoms with van der Waals surface area (Å²) in [5, 5.41) is 3.11. The van der Waals surface area contributed by atoms with E-state index in [9.17, 15) is 4.79 Å². The van der Waals surface area contributed by atoms with Crippen LogP contribution in [-0.2, 0) is 4.79 Å². The second-order valence-electron chi connectivity index (χ2n) is 4.72. The Hall–Kier alpha value is -0.220. The zero-order valence-electron chi connectivity index (χ0n) is 10.4. The van der Waals surface area contributed by atoms with Crippen molar-refractivity contribution in [2.45, 2.75) is 38.6 Å². The van der Waals surface area contributed by atoms with Gasteiger partial charge in [0.05, 0.1) is 0 Å². The zero-order chi connectivity index (χ0) is 12.0. The third-order valence-corrected chi connectivity index (χ3v) is 4.09. The summed E-state index contributed by atoms with van der Waals surface area (Å²) in [4.78, 5) is 12.0. The van der Waals surface area contributed by atoms with Gasteiger partial charge in [-0.3, -0.25) is 4.79 Å². The predicted octanol–water partition coefficient (Wildman–Crippen LogP) is 1.62. The lowest BCUT2D eigenvalue weighted by Crippen LogP contribution is -2.40. The van der Waals surface area contributed by atoms with E-state index in [4.69, 9.17) is 5.73 Å². The Labute approximate surface area is 103 Å². The highest BCUT2D eigenvalue weighted by Crippen LogP contribution is 2.31. The van der Waals surface area contributed by atoms with Gasteiger partial charge in [0, 0.05) is 12.0 Å². The third kappa shape index (κ3) is 3.98. The minimum atomic E-state index is 0.168. The van der Waals surface area contributed by atoms with Crippen molar-refractivity contribution in [2.24, 2.45) is 17.6 Å². The fourth-order valence-electron chi connectivity index (χ4n) is 2.38. The Bertz CT molecular complexity index is 223. The van der Waals surface area contributed by atoms with E-state index >= 15 is 0 Å². The summed E-state index contributed by atoms with van der Waals surface area (Å²) in [6, 6.07) is 0.291. The molecular formula is C12H24N2OS. The zero-order valence-corrected chi connectivity index (χ0v) is 11.2. The van der Waals surface area contributed by atoms with Crippen LogP contribution in [0.1, 0.15) is 32.6 Å². The van der Waals surface area contributed by atoms with Gasteiger partial charge in [-0.1, -0.05) is 6.42 Å². The Morgan fingerprint density at radius 2 is 2.31 bits per heavy atom. The van der Waals surface area contributed by atoms with E-state index in [-0.39, 0.29) is 11.8 Å². The molecule has 1 aliphatic rings. The van der Waals surface area contributed by atoms with Crippen LogP contribution in [0.3, 0.4) is 0 Å². The van der Waals surface area contributed by atoms with Crippen molar-refractivity contribution in [1.29, 1.82) is 0 Å². The average Bonchev–Trinajstić information content (AvgIpc) is 2.74. The van der Waals surface area contributed by atoms with Crippen molar-refractivity contribution in [3.05, 3.63) is 0 Å². The summed E-state index contributed by atoms with van der Waals surface area (Å²) in [5.74, 6) is 1.91. The molecule has 3 N–H and O–H groups in total. The van der Waals surface area contributed by atoms with Crippen LogP contribution in [0.25, 0.3) is 0 Å². The summed E-state index contributed by atoms with van der Waals surface area (Å²) in [7, 11) is 0. The molecule has 0 saturated heterocycles. The van der Waals surface area contributed by atoms with Crippen LogP contribution >= 0.6 is 11.8 Å². The van der Waals surface area contributed by atoms with Crippen molar-refractivity contribution in [3.8, 4) is 0 Å². The number of amides is 1. The quantitative estimate of drug-likeness (QED) is 0.746. The maximum Gasteiger partial charge on any atom is 0.223 e. The Kier molecular flexibility index (Phi) is 6.21. The second-order valence-corrected chi connectivity index (χ2v) is 5.71. The predicted molar refractivity (Wildman–Crippen MR) is 70.5 cm³/mol. The van der Waals surface area contributed by atoms with E-state index in [0.29, 0.717) is 18.5 Å². The first kappa shape index (κ1) is 13.8. The molecule has 0 aromatic carbocycles. The molecule has 16 heavy (non-hydrogen) atoms. The van der Waals surface area contributed by atoms with Crippen molar-refractivity contribution < 1.29 is 4.79 Å². The van der Waals surface area contributed by atoms with Crippen LogP contribution in [0.5, 0.6) is 0 Å². The van der Waals surface area contributed by atoms with Gasteiger partial charge in [-0.25, -0.2) is 0 Å². The van der Waals surface area contributed by atoms with Crippen molar-refractivity contribution in [1.82, 2.24) is 5.32 Å². The fourth-order valence-corrected chi connectivity index (χ4v) is 2.97. The van der Waals surface area contributed by atoms with Crippen LogP contribution in [-0.4, -0.2) is 30.5 Å². The molecule has 3 unspecified atom stereocenters. The van der Waals surface area contributed by atoms with Crippen molar-refractivity contribution in [3.63, 3.8) is 0 Å². The van der Waals surface area contributed by atoms with Gasteiger partial charge in [-0.15, -0.1) is 0 Å². The number of thioether (sulfide) groups is 1. The molecule has 0 bridgehead atoms. The number of rotatable bonds is 6. The van der Waals surface area contributed by atoms with E-state index in [1.54, 1.807) is 0 Å². The van der Waals surface area contributed by atoms with E-state index < -0.39 is 0 Å². The molecule has 1 fully saturated rings. The van der Waals surface area contributed by atoms with E-state index in [0.717, 1.165) is 31.4 Å². The average molecular weight is 244 g/mol. The molecule has 0 radical (unpaired) electrons. The Balaban J connectivity index is 2.33. The molecule has 4 heteroatoms. The van der Waals surface area contributed by atoms with Crippen LogP contribution in [0, 0.1) is 11.8 Å². The van der Waals surface area contributed by atoms with E-state index in [1.807, 2.05) is 11.8 Å². The summed E-state index contributed by atoms with van der Waals surface area (Å²) in [6.45, 7) is 2.73. The minimum Gasteiger partial charge on any atom is -0.353 e. The summed E-state index contributed by atoms with van der Waals surface area (Å²) in [6.07, 6.45) is 6.43. The van der Waals surface area contributed by atoms with Gasteiger partial charge in [-0.2, -0.15) is 11.8 Å². The second kappa shape index (κ2) is 7.17. The van der Waals surface area contributed by atoms with Crippen molar-refractivity contribution >= 4 is 17.7 Å².